The number of esters is 1. The largest absolute Gasteiger partial charge is 0.491 e. The fourth-order valence-electron chi connectivity index (χ4n) is 2.34. The van der Waals surface area contributed by atoms with E-state index in [9.17, 15) is 9.59 Å². The van der Waals surface area contributed by atoms with Crippen molar-refractivity contribution in [3.8, 4) is 5.75 Å². The molecule has 0 spiro atoms. The summed E-state index contributed by atoms with van der Waals surface area (Å²) in [5.74, 6) is -0.183. The maximum atomic E-state index is 12.5. The van der Waals surface area contributed by atoms with Crippen LogP contribution in [0.3, 0.4) is 0 Å². The van der Waals surface area contributed by atoms with Crippen LogP contribution in [0.4, 0.5) is 0 Å². The Balaban J connectivity index is 2.81. The number of amides is 1. The average molecular weight is 363 g/mol. The van der Waals surface area contributed by atoms with Gasteiger partial charge in [0.15, 0.2) is 0 Å². The van der Waals surface area contributed by atoms with E-state index in [0.717, 1.165) is 11.3 Å². The Hall–Kier alpha value is -2.34. The van der Waals surface area contributed by atoms with E-state index in [0.29, 0.717) is 13.2 Å². The molecule has 0 saturated carbocycles. The van der Waals surface area contributed by atoms with Crippen LogP contribution in [0.5, 0.6) is 5.75 Å². The van der Waals surface area contributed by atoms with Gasteiger partial charge in [-0.15, -0.1) is 0 Å². The molecule has 1 aromatic rings. The second-order valence-corrected chi connectivity index (χ2v) is 6.27. The standard InChI is InChI=1S/C20H29NO5/c1-15(2)26-18-8-6-7-17(13-18)9-10-19(22)21(11-12-24-4)14-16(3)20(23)25-5/h6-10,13,15-16H,11-12,14H2,1-5H3/b10-9+. The first-order chi connectivity index (χ1) is 12.4. The molecule has 0 bridgehead atoms. The van der Waals surface area contributed by atoms with Gasteiger partial charge in [-0.2, -0.15) is 0 Å². The Kier molecular flexibility index (Phi) is 9.44. The van der Waals surface area contributed by atoms with E-state index in [1.165, 1.54) is 13.2 Å². The molecular weight excluding hydrogens is 334 g/mol. The maximum Gasteiger partial charge on any atom is 0.310 e. The lowest BCUT2D eigenvalue weighted by Gasteiger charge is -2.23. The third-order valence-electron chi connectivity index (χ3n) is 3.62. The second-order valence-electron chi connectivity index (χ2n) is 6.27. The summed E-state index contributed by atoms with van der Waals surface area (Å²) in [6, 6.07) is 7.53. The summed E-state index contributed by atoms with van der Waals surface area (Å²) in [6.45, 7) is 6.72. The number of carbonyl (C=O) groups is 2. The Bertz CT molecular complexity index is 612. The monoisotopic (exact) mass is 363 g/mol. The summed E-state index contributed by atoms with van der Waals surface area (Å²) in [5.41, 5.74) is 0.865. The van der Waals surface area contributed by atoms with Gasteiger partial charge in [0.25, 0.3) is 0 Å². The molecule has 144 valence electrons. The van der Waals surface area contributed by atoms with E-state index in [4.69, 9.17) is 14.2 Å². The lowest BCUT2D eigenvalue weighted by atomic mass is 10.1. The summed E-state index contributed by atoms with van der Waals surface area (Å²) in [4.78, 5) is 25.7. The number of benzene rings is 1. The summed E-state index contributed by atoms with van der Waals surface area (Å²) in [7, 11) is 2.91. The maximum absolute atomic E-state index is 12.5. The number of methoxy groups -OCH3 is 2. The minimum Gasteiger partial charge on any atom is -0.491 e. The molecule has 0 heterocycles. The van der Waals surface area contributed by atoms with E-state index in [1.807, 2.05) is 38.1 Å². The molecule has 1 amide bonds. The number of hydrogen-bond donors (Lipinski definition) is 0. The minimum absolute atomic E-state index is 0.0835. The molecule has 1 unspecified atom stereocenters. The Morgan fingerprint density at radius 3 is 2.54 bits per heavy atom. The molecule has 1 rings (SSSR count). The summed E-state index contributed by atoms with van der Waals surface area (Å²) >= 11 is 0. The van der Waals surface area contributed by atoms with Crippen molar-refractivity contribution in [2.75, 3.05) is 33.9 Å². The van der Waals surface area contributed by atoms with E-state index in [-0.39, 0.29) is 24.5 Å². The fraction of sp³-hybridized carbons (Fsp3) is 0.500. The van der Waals surface area contributed by atoms with Crippen LogP contribution in [0.15, 0.2) is 30.3 Å². The molecule has 6 heteroatoms. The highest BCUT2D eigenvalue weighted by molar-refractivity contribution is 5.92. The van der Waals surface area contributed by atoms with Crippen molar-refractivity contribution < 1.29 is 23.8 Å². The molecule has 0 saturated heterocycles. The normalized spacial score (nSPS) is 12.2. The van der Waals surface area contributed by atoms with Gasteiger partial charge in [-0.1, -0.05) is 19.1 Å². The molecule has 0 aliphatic carbocycles. The number of carbonyl (C=O) groups excluding carboxylic acids is 2. The van der Waals surface area contributed by atoms with E-state index >= 15 is 0 Å². The first-order valence-electron chi connectivity index (χ1n) is 8.67. The highest BCUT2D eigenvalue weighted by Gasteiger charge is 2.20. The smallest absolute Gasteiger partial charge is 0.310 e. The summed E-state index contributed by atoms with van der Waals surface area (Å²) in [5, 5.41) is 0. The van der Waals surface area contributed by atoms with Gasteiger partial charge in [0, 0.05) is 26.3 Å². The Morgan fingerprint density at radius 2 is 1.92 bits per heavy atom. The SMILES string of the molecule is COCCN(CC(C)C(=O)OC)C(=O)/C=C/c1cccc(OC(C)C)c1. The van der Waals surface area contributed by atoms with Crippen molar-refractivity contribution in [1.29, 1.82) is 0 Å². The average Bonchev–Trinajstić information content (AvgIpc) is 2.61. The zero-order chi connectivity index (χ0) is 19.5. The Morgan fingerprint density at radius 1 is 1.19 bits per heavy atom. The third kappa shape index (κ3) is 7.70. The highest BCUT2D eigenvalue weighted by Crippen LogP contribution is 2.16. The van der Waals surface area contributed by atoms with E-state index < -0.39 is 5.92 Å². The van der Waals surface area contributed by atoms with Gasteiger partial charge in [0.1, 0.15) is 5.75 Å². The number of ether oxygens (including phenoxy) is 3. The van der Waals surface area contributed by atoms with Crippen LogP contribution in [0.1, 0.15) is 26.3 Å². The predicted octanol–water partition coefficient (Wildman–Crippen LogP) is 2.77. The van der Waals surface area contributed by atoms with Crippen molar-refractivity contribution in [1.82, 2.24) is 4.90 Å². The van der Waals surface area contributed by atoms with Gasteiger partial charge in [-0.05, 0) is 37.6 Å². The van der Waals surface area contributed by atoms with Gasteiger partial charge in [0.05, 0.1) is 25.7 Å². The summed E-state index contributed by atoms with van der Waals surface area (Å²) in [6.07, 6.45) is 3.31. The zero-order valence-corrected chi connectivity index (χ0v) is 16.2. The van der Waals surface area contributed by atoms with Gasteiger partial charge >= 0.3 is 5.97 Å². The van der Waals surface area contributed by atoms with Crippen molar-refractivity contribution in [2.45, 2.75) is 26.9 Å². The van der Waals surface area contributed by atoms with Crippen LogP contribution in [-0.4, -0.2) is 56.8 Å². The number of rotatable bonds is 10. The van der Waals surface area contributed by atoms with Crippen LogP contribution in [0.2, 0.25) is 0 Å². The molecule has 0 aliphatic rings. The molecular formula is C20H29NO5. The summed E-state index contributed by atoms with van der Waals surface area (Å²) < 4.78 is 15.4. The van der Waals surface area contributed by atoms with Crippen LogP contribution >= 0.6 is 0 Å². The molecule has 6 nitrogen and oxygen atoms in total. The van der Waals surface area contributed by atoms with Crippen LogP contribution in [0, 0.1) is 5.92 Å². The molecule has 0 aromatic heterocycles. The van der Waals surface area contributed by atoms with Crippen LogP contribution in [-0.2, 0) is 19.1 Å². The zero-order valence-electron chi connectivity index (χ0n) is 16.2. The molecule has 0 radical (unpaired) electrons. The lowest BCUT2D eigenvalue weighted by Crippen LogP contribution is -2.38. The highest BCUT2D eigenvalue weighted by atomic mass is 16.5. The van der Waals surface area contributed by atoms with Crippen molar-refractivity contribution in [2.24, 2.45) is 5.92 Å². The molecule has 26 heavy (non-hydrogen) atoms. The molecule has 0 fully saturated rings. The Labute approximate surface area is 155 Å². The van der Waals surface area contributed by atoms with Gasteiger partial charge in [0.2, 0.25) is 5.91 Å². The van der Waals surface area contributed by atoms with Gasteiger partial charge in [-0.3, -0.25) is 9.59 Å². The molecule has 0 aliphatic heterocycles. The first-order valence-corrected chi connectivity index (χ1v) is 8.67. The topological polar surface area (TPSA) is 65.1 Å². The van der Waals surface area contributed by atoms with Crippen LogP contribution in [0.25, 0.3) is 6.08 Å². The van der Waals surface area contributed by atoms with Crippen molar-refractivity contribution in [3.63, 3.8) is 0 Å². The third-order valence-corrected chi connectivity index (χ3v) is 3.62. The number of nitrogens with zero attached hydrogens (tertiary/aromatic N) is 1. The fourth-order valence-corrected chi connectivity index (χ4v) is 2.34. The van der Waals surface area contributed by atoms with E-state index in [2.05, 4.69) is 0 Å². The van der Waals surface area contributed by atoms with Crippen molar-refractivity contribution in [3.05, 3.63) is 35.9 Å². The molecule has 0 N–H and O–H groups in total. The lowest BCUT2D eigenvalue weighted by molar-refractivity contribution is -0.146. The van der Waals surface area contributed by atoms with E-state index in [1.54, 1.807) is 25.0 Å². The second kappa shape index (κ2) is 11.3. The molecule has 1 aromatic carbocycles. The molecule has 1 atom stereocenters. The van der Waals surface area contributed by atoms with Gasteiger partial charge in [-0.25, -0.2) is 0 Å². The minimum atomic E-state index is -0.406. The predicted molar refractivity (Wildman–Crippen MR) is 101 cm³/mol. The number of hydrogen-bond acceptors (Lipinski definition) is 5. The van der Waals surface area contributed by atoms with Gasteiger partial charge < -0.3 is 19.1 Å². The van der Waals surface area contributed by atoms with Crippen molar-refractivity contribution >= 4 is 18.0 Å². The van der Waals surface area contributed by atoms with Crippen LogP contribution < -0.4 is 4.74 Å². The first kappa shape index (κ1) is 21.7. The quantitative estimate of drug-likeness (QED) is 0.472.